The lowest BCUT2D eigenvalue weighted by Gasteiger charge is -2.42. The average Bonchev–Trinajstić information content (AvgIpc) is 3.31. The van der Waals surface area contributed by atoms with Crippen molar-refractivity contribution >= 4 is 40.6 Å². The summed E-state index contributed by atoms with van der Waals surface area (Å²) in [6, 6.07) is 7.22. The predicted octanol–water partition coefficient (Wildman–Crippen LogP) is 2.08. The maximum Gasteiger partial charge on any atom is 0.373 e. The molecule has 13 nitrogen and oxygen atoms in total. The fourth-order valence-electron chi connectivity index (χ4n) is 4.64. The van der Waals surface area contributed by atoms with Gasteiger partial charge in [-0.2, -0.15) is 5.26 Å². The molecule has 224 valence electrons. The number of carbonyl (C=O) groups is 5. The van der Waals surface area contributed by atoms with Gasteiger partial charge in [0.2, 0.25) is 11.7 Å². The van der Waals surface area contributed by atoms with E-state index in [0.717, 1.165) is 27.9 Å². The largest absolute Gasteiger partial charge is 0.477 e. The van der Waals surface area contributed by atoms with Crippen molar-refractivity contribution in [3.63, 3.8) is 0 Å². The first-order chi connectivity index (χ1) is 19.9. The van der Waals surface area contributed by atoms with Gasteiger partial charge in [0.15, 0.2) is 18.3 Å². The molecule has 1 aromatic heterocycles. The molecule has 0 fully saturated rings. The minimum Gasteiger partial charge on any atom is -0.477 e. The lowest BCUT2D eigenvalue weighted by Crippen LogP contribution is -2.60. The molecule has 1 N–H and O–H groups in total. The van der Waals surface area contributed by atoms with Gasteiger partial charge in [-0.25, -0.2) is 4.79 Å². The minimum atomic E-state index is -1.51. The summed E-state index contributed by atoms with van der Waals surface area (Å²) < 4.78 is 28.6. The van der Waals surface area contributed by atoms with E-state index in [1.54, 1.807) is 48.9 Å². The van der Waals surface area contributed by atoms with Crippen molar-refractivity contribution < 1.29 is 47.7 Å². The second-order valence-corrected chi connectivity index (χ2v) is 9.89. The quantitative estimate of drug-likeness (QED) is 0.321. The highest BCUT2D eigenvalue weighted by atomic mass is 16.6. The van der Waals surface area contributed by atoms with E-state index in [2.05, 4.69) is 11.4 Å². The molecule has 0 spiro atoms. The second-order valence-electron chi connectivity index (χ2n) is 9.89. The Morgan fingerprint density at radius 1 is 1.05 bits per heavy atom. The number of methoxy groups -OCH3 is 1. The summed E-state index contributed by atoms with van der Waals surface area (Å²) in [5.41, 5.74) is 0.223. The van der Waals surface area contributed by atoms with Gasteiger partial charge in [-0.1, -0.05) is 38.1 Å². The Kier molecular flexibility index (Phi) is 10.3. The molecule has 42 heavy (non-hydrogen) atoms. The highest BCUT2D eigenvalue weighted by molar-refractivity contribution is 5.89. The van der Waals surface area contributed by atoms with Crippen molar-refractivity contribution in [1.29, 1.82) is 5.26 Å². The van der Waals surface area contributed by atoms with Crippen molar-refractivity contribution in [3.8, 4) is 6.07 Å². The van der Waals surface area contributed by atoms with E-state index in [9.17, 15) is 29.2 Å². The number of hydrogen-bond acceptors (Lipinski definition) is 11. The molecule has 0 radical (unpaired) electrons. The van der Waals surface area contributed by atoms with E-state index in [-0.39, 0.29) is 11.5 Å². The highest BCUT2D eigenvalue weighted by Crippen LogP contribution is 2.35. The second kappa shape index (κ2) is 13.7. The molecule has 0 unspecified atom stereocenters. The lowest BCUT2D eigenvalue weighted by atomic mass is 9.90. The SMILES string of the molecule is COC(=O)C1=C[C@H](n2cc3ccccc3c2C#N)[C@@H](NC(=O)C(C)C)[C@H]([C@H](OC(C)=O)[C@@H](COC(C)=O)OC(C)=O)O1. The van der Waals surface area contributed by atoms with Crippen LogP contribution in [0.15, 0.2) is 42.3 Å². The Bertz CT molecular complexity index is 1440. The molecule has 0 saturated carbocycles. The van der Waals surface area contributed by atoms with E-state index in [0.29, 0.717) is 10.8 Å². The van der Waals surface area contributed by atoms with Gasteiger partial charge in [0.05, 0.1) is 19.2 Å². The number of esters is 4. The van der Waals surface area contributed by atoms with Gasteiger partial charge >= 0.3 is 23.9 Å². The van der Waals surface area contributed by atoms with Crippen molar-refractivity contribution in [1.82, 2.24) is 9.88 Å². The topological polar surface area (TPSA) is 172 Å². The van der Waals surface area contributed by atoms with Crippen LogP contribution in [0.1, 0.15) is 46.4 Å². The maximum absolute atomic E-state index is 13.1. The third kappa shape index (κ3) is 7.25. The van der Waals surface area contributed by atoms with Crippen LogP contribution >= 0.6 is 0 Å². The normalized spacial score (nSPS) is 19.4. The van der Waals surface area contributed by atoms with Gasteiger partial charge in [0.25, 0.3) is 0 Å². The molecule has 5 atom stereocenters. The molecular weight excluding hydrogens is 550 g/mol. The van der Waals surface area contributed by atoms with Crippen LogP contribution < -0.4 is 5.32 Å². The Labute approximate surface area is 242 Å². The number of aromatic nitrogens is 1. The molecule has 1 aliphatic heterocycles. The molecule has 3 rings (SSSR count). The van der Waals surface area contributed by atoms with Crippen LogP contribution in [0, 0.1) is 17.2 Å². The summed E-state index contributed by atoms with van der Waals surface area (Å²) in [7, 11) is 1.14. The van der Waals surface area contributed by atoms with Crippen molar-refractivity contribution in [2.75, 3.05) is 13.7 Å². The zero-order chi connectivity index (χ0) is 31.1. The van der Waals surface area contributed by atoms with Gasteiger partial charge in [0, 0.05) is 43.7 Å². The number of benzene rings is 1. The summed E-state index contributed by atoms with van der Waals surface area (Å²) >= 11 is 0. The zero-order valence-corrected chi connectivity index (χ0v) is 24.1. The number of nitriles is 1. The number of fused-ring (bicyclic) bond motifs is 1. The summed E-state index contributed by atoms with van der Waals surface area (Å²) in [6.45, 7) is 6.15. The maximum atomic E-state index is 13.1. The van der Waals surface area contributed by atoms with Crippen molar-refractivity contribution in [2.45, 2.75) is 65.0 Å². The molecule has 2 heterocycles. The zero-order valence-electron chi connectivity index (χ0n) is 24.1. The average molecular weight is 584 g/mol. The van der Waals surface area contributed by atoms with Crippen molar-refractivity contribution in [2.24, 2.45) is 5.92 Å². The van der Waals surface area contributed by atoms with Crippen molar-refractivity contribution in [3.05, 3.63) is 48.0 Å². The summed E-state index contributed by atoms with van der Waals surface area (Å²) in [6.07, 6.45) is -1.24. The first-order valence-corrected chi connectivity index (χ1v) is 13.1. The van der Waals surface area contributed by atoms with Crippen LogP contribution in [0.5, 0.6) is 0 Å². The first-order valence-electron chi connectivity index (χ1n) is 13.1. The Balaban J connectivity index is 2.29. The number of amides is 1. The van der Waals surface area contributed by atoms with Gasteiger partial charge in [-0.15, -0.1) is 0 Å². The monoisotopic (exact) mass is 583 g/mol. The third-order valence-electron chi connectivity index (χ3n) is 6.47. The van der Waals surface area contributed by atoms with Gasteiger partial charge in [-0.3, -0.25) is 19.2 Å². The molecule has 0 bridgehead atoms. The highest BCUT2D eigenvalue weighted by Gasteiger charge is 2.49. The molecule has 0 aliphatic carbocycles. The van der Waals surface area contributed by atoms with Crippen LogP contribution in [0.4, 0.5) is 0 Å². The number of nitrogens with zero attached hydrogens (tertiary/aromatic N) is 2. The van der Waals surface area contributed by atoms with Gasteiger partial charge < -0.3 is 33.6 Å². The number of hydrogen-bond donors (Lipinski definition) is 1. The smallest absolute Gasteiger partial charge is 0.373 e. The van der Waals surface area contributed by atoms with Crippen LogP contribution in [0.2, 0.25) is 0 Å². The Hall–Kier alpha value is -4.86. The first kappa shape index (κ1) is 31.7. The van der Waals surface area contributed by atoms with Crippen LogP contribution in [0.25, 0.3) is 10.8 Å². The van der Waals surface area contributed by atoms with Crippen LogP contribution in [-0.4, -0.2) is 72.4 Å². The van der Waals surface area contributed by atoms with E-state index < -0.39 is 72.7 Å². The summed E-state index contributed by atoms with van der Waals surface area (Å²) in [4.78, 5) is 62.0. The molecular formula is C29H33N3O10. The molecule has 0 saturated heterocycles. The number of nitrogens with one attached hydrogen (secondary N) is 1. The predicted molar refractivity (Wildman–Crippen MR) is 145 cm³/mol. The molecule has 1 aromatic carbocycles. The molecule has 1 aliphatic rings. The Morgan fingerprint density at radius 3 is 2.29 bits per heavy atom. The molecule has 1 amide bonds. The Morgan fingerprint density at radius 2 is 1.71 bits per heavy atom. The number of carbonyl (C=O) groups excluding carboxylic acids is 5. The fourth-order valence-corrected chi connectivity index (χ4v) is 4.64. The van der Waals surface area contributed by atoms with Gasteiger partial charge in [-0.05, 0) is 6.08 Å². The number of rotatable bonds is 10. The van der Waals surface area contributed by atoms with E-state index in [4.69, 9.17) is 23.7 Å². The standard InChI is InChI=1S/C29H33N3O10/c1-15(2)28(36)31-25-21(32-13-19-9-7-8-10-20(19)22(32)12-30)11-23(29(37)38-6)42-27(25)26(41-18(5)35)24(40-17(4)34)14-39-16(3)33/h7-11,13,15,21,24-27H,14H2,1-6H3,(H,31,36)/t21-,24+,25+,26+,27+/m0/s1. The van der Waals surface area contributed by atoms with Crippen LogP contribution in [-0.2, 0) is 47.7 Å². The minimum absolute atomic E-state index is 0.223. The van der Waals surface area contributed by atoms with E-state index in [1.165, 1.54) is 6.08 Å². The number of ether oxygens (including phenoxy) is 5. The fraction of sp³-hybridized carbons (Fsp3) is 0.448. The summed E-state index contributed by atoms with van der Waals surface area (Å²) in [5, 5.41) is 14.4. The van der Waals surface area contributed by atoms with E-state index >= 15 is 0 Å². The molecule has 13 heteroatoms. The van der Waals surface area contributed by atoms with Crippen LogP contribution in [0.3, 0.4) is 0 Å². The van der Waals surface area contributed by atoms with E-state index in [1.807, 2.05) is 0 Å². The molecule has 2 aromatic rings. The third-order valence-corrected chi connectivity index (χ3v) is 6.47. The van der Waals surface area contributed by atoms with Gasteiger partial charge in [0.1, 0.15) is 18.4 Å². The summed E-state index contributed by atoms with van der Waals surface area (Å²) in [5.74, 6) is -4.42. The lowest BCUT2D eigenvalue weighted by molar-refractivity contribution is -0.188.